The smallest absolute Gasteiger partial charge is 0.326 e. The van der Waals surface area contributed by atoms with E-state index in [1.54, 1.807) is 0 Å². The minimum Gasteiger partial charge on any atom is -0.480 e. The first kappa shape index (κ1) is 23.3. The largest absolute Gasteiger partial charge is 0.480 e. The summed E-state index contributed by atoms with van der Waals surface area (Å²) in [7, 11) is 0.252. The second-order valence-electron chi connectivity index (χ2n) is 6.66. The van der Waals surface area contributed by atoms with Gasteiger partial charge in [0.05, 0.1) is 6.26 Å². The van der Waals surface area contributed by atoms with Crippen molar-refractivity contribution in [2.45, 2.75) is 90.5 Å². The maximum Gasteiger partial charge on any atom is 0.326 e. The summed E-state index contributed by atoms with van der Waals surface area (Å²) in [6.45, 7) is 4.37. The van der Waals surface area contributed by atoms with Crippen molar-refractivity contribution < 1.29 is 14.7 Å². The highest BCUT2D eigenvalue weighted by Crippen LogP contribution is 2.09. The van der Waals surface area contributed by atoms with Crippen molar-refractivity contribution >= 4 is 22.8 Å². The zero-order chi connectivity index (χ0) is 18.2. The summed E-state index contributed by atoms with van der Waals surface area (Å²) in [6.07, 6.45) is 13.7. The SMILES string of the molecule is CCCCCCCCCC(=O)N[C@H](CC[S+](C)CCCC)C(=O)O. The van der Waals surface area contributed by atoms with Crippen LogP contribution in [0.5, 0.6) is 0 Å². The van der Waals surface area contributed by atoms with Gasteiger partial charge in [-0.15, -0.1) is 0 Å². The van der Waals surface area contributed by atoms with Crippen molar-refractivity contribution in [1.29, 1.82) is 0 Å². The van der Waals surface area contributed by atoms with Crippen LogP contribution in [0.3, 0.4) is 0 Å². The number of rotatable bonds is 16. The number of unbranched alkanes of at least 4 members (excludes halogenated alkanes) is 7. The molecule has 0 aromatic carbocycles. The van der Waals surface area contributed by atoms with E-state index in [9.17, 15) is 14.7 Å². The minimum absolute atomic E-state index is 0.111. The van der Waals surface area contributed by atoms with Gasteiger partial charge in [-0.05, 0) is 23.7 Å². The Morgan fingerprint density at radius 2 is 1.50 bits per heavy atom. The van der Waals surface area contributed by atoms with Crippen LogP contribution in [0.2, 0.25) is 0 Å². The molecule has 2 N–H and O–H groups in total. The Kier molecular flexibility index (Phi) is 15.3. The van der Waals surface area contributed by atoms with Crippen LogP contribution >= 0.6 is 0 Å². The lowest BCUT2D eigenvalue weighted by Crippen LogP contribution is -2.41. The standard InChI is InChI=1S/C19H37NO3S/c1-4-6-8-9-10-11-12-13-18(21)20-17(19(22)23)14-16-24(3)15-7-5-2/h17H,4-16H2,1-3H3,(H-,20,21,22,23)/p+1/t17-,24?/m1/s1. The lowest BCUT2D eigenvalue weighted by atomic mass is 10.1. The van der Waals surface area contributed by atoms with Crippen LogP contribution in [0.1, 0.15) is 84.5 Å². The second kappa shape index (κ2) is 15.8. The highest BCUT2D eigenvalue weighted by Gasteiger charge is 2.23. The van der Waals surface area contributed by atoms with Crippen LogP contribution in [-0.2, 0) is 20.5 Å². The number of hydrogen-bond donors (Lipinski definition) is 2. The van der Waals surface area contributed by atoms with E-state index < -0.39 is 12.0 Å². The Hall–Kier alpha value is -0.710. The molecule has 1 unspecified atom stereocenters. The fraction of sp³-hybridized carbons (Fsp3) is 0.895. The Morgan fingerprint density at radius 3 is 2.08 bits per heavy atom. The van der Waals surface area contributed by atoms with E-state index in [0.717, 1.165) is 24.3 Å². The van der Waals surface area contributed by atoms with Gasteiger partial charge in [0.1, 0.15) is 17.5 Å². The molecule has 0 saturated carbocycles. The first-order valence-electron chi connectivity index (χ1n) is 9.62. The van der Waals surface area contributed by atoms with Crippen molar-refractivity contribution in [2.24, 2.45) is 0 Å². The summed E-state index contributed by atoms with van der Waals surface area (Å²) in [5.41, 5.74) is 0. The zero-order valence-electron chi connectivity index (χ0n) is 15.9. The average Bonchev–Trinajstić information content (AvgIpc) is 2.55. The maximum absolute atomic E-state index is 11.9. The lowest BCUT2D eigenvalue weighted by Gasteiger charge is -2.14. The normalized spacial score (nSPS) is 13.5. The molecule has 0 heterocycles. The van der Waals surface area contributed by atoms with Gasteiger partial charge in [0, 0.05) is 12.8 Å². The molecule has 0 aliphatic heterocycles. The molecule has 0 rings (SSSR count). The highest BCUT2D eigenvalue weighted by atomic mass is 32.2. The highest BCUT2D eigenvalue weighted by molar-refractivity contribution is 7.96. The van der Waals surface area contributed by atoms with Gasteiger partial charge in [0.2, 0.25) is 5.91 Å². The fourth-order valence-corrected chi connectivity index (χ4v) is 4.20. The second-order valence-corrected chi connectivity index (χ2v) is 9.04. The van der Waals surface area contributed by atoms with Gasteiger partial charge in [-0.2, -0.15) is 0 Å². The first-order valence-corrected chi connectivity index (χ1v) is 11.6. The zero-order valence-corrected chi connectivity index (χ0v) is 16.8. The van der Waals surface area contributed by atoms with Crippen molar-refractivity contribution in [2.75, 3.05) is 17.8 Å². The Labute approximate surface area is 151 Å². The molecule has 0 bridgehead atoms. The van der Waals surface area contributed by atoms with Crippen molar-refractivity contribution in [3.8, 4) is 0 Å². The fourth-order valence-electron chi connectivity index (χ4n) is 2.58. The van der Waals surface area contributed by atoms with Gasteiger partial charge < -0.3 is 10.4 Å². The summed E-state index contributed by atoms with van der Waals surface area (Å²) in [6, 6.07) is -0.723. The number of hydrogen-bond acceptors (Lipinski definition) is 2. The van der Waals surface area contributed by atoms with Gasteiger partial charge in [-0.1, -0.05) is 58.8 Å². The van der Waals surface area contributed by atoms with E-state index >= 15 is 0 Å². The Bertz CT molecular complexity index is 337. The number of carbonyl (C=O) groups is 2. The van der Waals surface area contributed by atoms with E-state index in [0.29, 0.717) is 12.8 Å². The molecule has 0 aliphatic rings. The molecule has 0 radical (unpaired) electrons. The molecule has 0 aliphatic carbocycles. The molecule has 0 spiro atoms. The van der Waals surface area contributed by atoms with E-state index in [1.165, 1.54) is 44.9 Å². The molecule has 0 fully saturated rings. The predicted molar refractivity (Wildman–Crippen MR) is 105 cm³/mol. The molecule has 2 atom stereocenters. The molecular formula is C19H38NO3S+. The number of carboxylic acids is 1. The molecule has 0 aromatic rings. The third-order valence-corrected chi connectivity index (χ3v) is 6.16. The van der Waals surface area contributed by atoms with Gasteiger partial charge in [-0.3, -0.25) is 4.79 Å². The summed E-state index contributed by atoms with van der Waals surface area (Å²) in [5, 5.41) is 12.0. The van der Waals surface area contributed by atoms with Crippen molar-refractivity contribution in [1.82, 2.24) is 5.32 Å². The molecule has 24 heavy (non-hydrogen) atoms. The first-order chi connectivity index (χ1) is 11.5. The van der Waals surface area contributed by atoms with E-state index in [2.05, 4.69) is 25.4 Å². The van der Waals surface area contributed by atoms with Crippen LogP contribution in [0.4, 0.5) is 0 Å². The number of amides is 1. The number of carboxylic acid groups (broad SMARTS) is 1. The van der Waals surface area contributed by atoms with Crippen LogP contribution in [0.15, 0.2) is 0 Å². The molecule has 0 saturated heterocycles. The predicted octanol–water partition coefficient (Wildman–Crippen LogP) is 4.13. The summed E-state index contributed by atoms with van der Waals surface area (Å²) >= 11 is 0. The van der Waals surface area contributed by atoms with E-state index in [-0.39, 0.29) is 16.8 Å². The van der Waals surface area contributed by atoms with E-state index in [4.69, 9.17) is 0 Å². The maximum atomic E-state index is 11.9. The van der Waals surface area contributed by atoms with Gasteiger partial charge in [-0.25, -0.2) is 4.79 Å². The minimum atomic E-state index is -0.907. The van der Waals surface area contributed by atoms with Crippen LogP contribution in [-0.4, -0.2) is 40.8 Å². The molecule has 0 aromatic heterocycles. The average molecular weight is 361 g/mol. The third kappa shape index (κ3) is 13.7. The third-order valence-electron chi connectivity index (χ3n) is 4.24. The lowest BCUT2D eigenvalue weighted by molar-refractivity contribution is -0.141. The molecule has 142 valence electrons. The van der Waals surface area contributed by atoms with Crippen LogP contribution in [0.25, 0.3) is 0 Å². The van der Waals surface area contributed by atoms with Crippen LogP contribution in [0, 0.1) is 0 Å². The molecular weight excluding hydrogens is 322 g/mol. The molecule has 1 amide bonds. The summed E-state index contributed by atoms with van der Waals surface area (Å²) in [5.74, 6) is 1.03. The topological polar surface area (TPSA) is 66.4 Å². The van der Waals surface area contributed by atoms with Crippen molar-refractivity contribution in [3.63, 3.8) is 0 Å². The summed E-state index contributed by atoms with van der Waals surface area (Å²) in [4.78, 5) is 23.3. The molecule has 4 nitrogen and oxygen atoms in total. The monoisotopic (exact) mass is 360 g/mol. The van der Waals surface area contributed by atoms with E-state index in [1.807, 2.05) is 0 Å². The summed E-state index contributed by atoms with van der Waals surface area (Å²) < 4.78 is 0. The number of carbonyl (C=O) groups excluding carboxylic acids is 1. The quantitative estimate of drug-likeness (QED) is 0.321. The van der Waals surface area contributed by atoms with Gasteiger partial charge >= 0.3 is 5.97 Å². The van der Waals surface area contributed by atoms with Gasteiger partial charge in [0.15, 0.2) is 0 Å². The van der Waals surface area contributed by atoms with Gasteiger partial charge in [0.25, 0.3) is 0 Å². The Morgan fingerprint density at radius 1 is 0.917 bits per heavy atom. The van der Waals surface area contributed by atoms with Crippen molar-refractivity contribution in [3.05, 3.63) is 0 Å². The molecule has 5 heteroatoms. The Balaban J connectivity index is 3.88. The number of aliphatic carboxylic acids is 1. The van der Waals surface area contributed by atoms with Crippen LogP contribution < -0.4 is 5.32 Å². The number of nitrogens with one attached hydrogen (secondary N) is 1.